The topological polar surface area (TPSA) is 55.1 Å². The van der Waals surface area contributed by atoms with Gasteiger partial charge in [0.2, 0.25) is 5.91 Å². The van der Waals surface area contributed by atoms with Crippen molar-refractivity contribution >= 4 is 11.6 Å². The van der Waals surface area contributed by atoms with Gasteiger partial charge >= 0.3 is 0 Å². The van der Waals surface area contributed by atoms with E-state index in [9.17, 15) is 4.79 Å². The molecule has 0 spiro atoms. The van der Waals surface area contributed by atoms with Crippen molar-refractivity contribution in [3.8, 4) is 0 Å². The lowest BCUT2D eigenvalue weighted by atomic mass is 9.97. The Bertz CT molecular complexity index is 593. The Labute approximate surface area is 106 Å². The molecular formula is C15H14N2O. The molecular weight excluding hydrogens is 224 g/mol. The first-order chi connectivity index (χ1) is 8.74. The Morgan fingerprint density at radius 1 is 1.06 bits per heavy atom. The molecule has 3 nitrogen and oxygen atoms in total. The van der Waals surface area contributed by atoms with E-state index < -0.39 is 0 Å². The van der Waals surface area contributed by atoms with Crippen molar-refractivity contribution in [1.82, 2.24) is 0 Å². The van der Waals surface area contributed by atoms with Gasteiger partial charge in [0.1, 0.15) is 0 Å². The highest BCUT2D eigenvalue weighted by Crippen LogP contribution is 2.28. The summed E-state index contributed by atoms with van der Waals surface area (Å²) in [6.07, 6.45) is 0.449. The first-order valence-corrected chi connectivity index (χ1v) is 5.97. The van der Waals surface area contributed by atoms with E-state index >= 15 is 0 Å². The molecule has 1 heterocycles. The molecule has 1 atom stereocenters. The molecule has 0 aromatic heterocycles. The molecule has 1 aliphatic rings. The fourth-order valence-electron chi connectivity index (χ4n) is 2.30. The number of fused-ring (bicyclic) bond motifs is 1. The van der Waals surface area contributed by atoms with Crippen LogP contribution in [0.5, 0.6) is 0 Å². The van der Waals surface area contributed by atoms with Gasteiger partial charge < -0.3 is 11.1 Å². The summed E-state index contributed by atoms with van der Waals surface area (Å²) >= 11 is 0. The normalized spacial score (nSPS) is 15.1. The molecule has 0 fully saturated rings. The first-order valence-electron chi connectivity index (χ1n) is 5.97. The summed E-state index contributed by atoms with van der Waals surface area (Å²) in [5.74, 6) is 0.0513. The van der Waals surface area contributed by atoms with Crippen molar-refractivity contribution < 1.29 is 4.79 Å². The molecule has 18 heavy (non-hydrogen) atoms. The van der Waals surface area contributed by atoms with E-state index in [1.165, 1.54) is 0 Å². The molecule has 1 unspecified atom stereocenters. The molecule has 3 heteroatoms. The number of anilines is 1. The highest BCUT2D eigenvalue weighted by molar-refractivity contribution is 5.99. The molecule has 0 radical (unpaired) electrons. The van der Waals surface area contributed by atoms with Crippen LogP contribution in [0.4, 0.5) is 5.69 Å². The molecule has 0 bridgehead atoms. The van der Waals surface area contributed by atoms with E-state index in [2.05, 4.69) is 5.32 Å². The van der Waals surface area contributed by atoms with Crippen LogP contribution >= 0.6 is 0 Å². The van der Waals surface area contributed by atoms with Crippen LogP contribution in [-0.4, -0.2) is 5.91 Å². The molecule has 3 rings (SSSR count). The molecule has 0 saturated heterocycles. The van der Waals surface area contributed by atoms with Crippen molar-refractivity contribution in [2.24, 2.45) is 5.73 Å². The summed E-state index contributed by atoms with van der Waals surface area (Å²) in [6, 6.07) is 15.7. The van der Waals surface area contributed by atoms with E-state index in [0.717, 1.165) is 22.4 Å². The maximum Gasteiger partial charge on any atom is 0.228 e. The third-order valence-electron chi connectivity index (χ3n) is 3.27. The van der Waals surface area contributed by atoms with E-state index in [0.29, 0.717) is 6.42 Å². The Kier molecular flexibility index (Phi) is 2.61. The fourth-order valence-corrected chi connectivity index (χ4v) is 2.30. The highest BCUT2D eigenvalue weighted by Gasteiger charge is 2.19. The summed E-state index contributed by atoms with van der Waals surface area (Å²) in [7, 11) is 0. The first kappa shape index (κ1) is 11.0. The Morgan fingerprint density at radius 3 is 2.61 bits per heavy atom. The second-order valence-corrected chi connectivity index (χ2v) is 4.53. The molecule has 1 aliphatic heterocycles. The van der Waals surface area contributed by atoms with Crippen molar-refractivity contribution in [2.45, 2.75) is 12.5 Å². The average Bonchev–Trinajstić information content (AvgIpc) is 2.78. The molecule has 1 amide bonds. The van der Waals surface area contributed by atoms with E-state index in [4.69, 9.17) is 5.73 Å². The minimum Gasteiger partial charge on any atom is -0.326 e. The van der Waals surface area contributed by atoms with Crippen LogP contribution in [0.15, 0.2) is 48.5 Å². The number of amides is 1. The number of nitrogens with one attached hydrogen (secondary N) is 1. The van der Waals surface area contributed by atoms with Crippen LogP contribution in [0.1, 0.15) is 22.7 Å². The van der Waals surface area contributed by atoms with E-state index in [-0.39, 0.29) is 11.9 Å². The Balaban J connectivity index is 1.94. The molecule has 0 saturated carbocycles. The van der Waals surface area contributed by atoms with Gasteiger partial charge in [-0.25, -0.2) is 0 Å². The van der Waals surface area contributed by atoms with Gasteiger partial charge in [-0.05, 0) is 22.8 Å². The van der Waals surface area contributed by atoms with Gasteiger partial charge in [-0.15, -0.1) is 0 Å². The second kappa shape index (κ2) is 4.27. The molecule has 0 aliphatic carbocycles. The summed E-state index contributed by atoms with van der Waals surface area (Å²) in [5.41, 5.74) is 10.3. The van der Waals surface area contributed by atoms with Crippen molar-refractivity contribution in [1.29, 1.82) is 0 Å². The fraction of sp³-hybridized carbons (Fsp3) is 0.133. The van der Waals surface area contributed by atoms with Gasteiger partial charge in [-0.2, -0.15) is 0 Å². The molecule has 90 valence electrons. The van der Waals surface area contributed by atoms with Gasteiger partial charge in [-0.1, -0.05) is 42.5 Å². The highest BCUT2D eigenvalue weighted by atomic mass is 16.1. The summed E-state index contributed by atoms with van der Waals surface area (Å²) < 4.78 is 0. The van der Waals surface area contributed by atoms with E-state index in [1.807, 2.05) is 48.5 Å². The summed E-state index contributed by atoms with van der Waals surface area (Å²) in [6.45, 7) is 0. The van der Waals surface area contributed by atoms with Crippen LogP contribution < -0.4 is 11.1 Å². The summed E-state index contributed by atoms with van der Waals surface area (Å²) in [4.78, 5) is 11.3. The Hall–Kier alpha value is -2.13. The zero-order valence-electron chi connectivity index (χ0n) is 9.89. The largest absolute Gasteiger partial charge is 0.326 e. The maximum absolute atomic E-state index is 11.3. The molecule has 2 aromatic carbocycles. The lowest BCUT2D eigenvalue weighted by Crippen LogP contribution is -2.11. The van der Waals surface area contributed by atoms with Crippen LogP contribution in [0, 0.1) is 0 Å². The number of carbonyl (C=O) groups excluding carboxylic acids is 1. The SMILES string of the molecule is NC(c1ccccc1)c1ccc2c(c1)CC(=O)N2. The molecule has 3 N–H and O–H groups in total. The predicted octanol–water partition coefficient (Wildman–Crippen LogP) is 2.23. The minimum atomic E-state index is -0.146. The van der Waals surface area contributed by atoms with Crippen molar-refractivity contribution in [3.63, 3.8) is 0 Å². The zero-order valence-corrected chi connectivity index (χ0v) is 9.89. The van der Waals surface area contributed by atoms with Crippen LogP contribution in [0.25, 0.3) is 0 Å². The van der Waals surface area contributed by atoms with E-state index in [1.54, 1.807) is 0 Å². The van der Waals surface area contributed by atoms with Gasteiger partial charge in [0, 0.05) is 5.69 Å². The quantitative estimate of drug-likeness (QED) is 0.843. The van der Waals surface area contributed by atoms with Crippen molar-refractivity contribution in [3.05, 3.63) is 65.2 Å². The van der Waals surface area contributed by atoms with Crippen LogP contribution in [0.3, 0.4) is 0 Å². The van der Waals surface area contributed by atoms with Crippen LogP contribution in [-0.2, 0) is 11.2 Å². The summed E-state index contributed by atoms with van der Waals surface area (Å²) in [5, 5.41) is 2.82. The van der Waals surface area contributed by atoms with Gasteiger partial charge in [0.05, 0.1) is 12.5 Å². The smallest absolute Gasteiger partial charge is 0.228 e. The van der Waals surface area contributed by atoms with Crippen LogP contribution in [0.2, 0.25) is 0 Å². The number of benzene rings is 2. The monoisotopic (exact) mass is 238 g/mol. The standard InChI is InChI=1S/C15H14N2O/c16-15(10-4-2-1-3-5-10)11-6-7-13-12(8-11)9-14(18)17-13/h1-8,15H,9,16H2,(H,17,18). The second-order valence-electron chi connectivity index (χ2n) is 4.53. The van der Waals surface area contributed by atoms with Gasteiger partial charge in [0.15, 0.2) is 0 Å². The third-order valence-corrected chi connectivity index (χ3v) is 3.27. The third kappa shape index (κ3) is 1.89. The number of rotatable bonds is 2. The van der Waals surface area contributed by atoms with Gasteiger partial charge in [-0.3, -0.25) is 4.79 Å². The van der Waals surface area contributed by atoms with Crippen molar-refractivity contribution in [2.75, 3.05) is 5.32 Å². The number of carbonyl (C=O) groups is 1. The minimum absolute atomic E-state index is 0.0513. The average molecular weight is 238 g/mol. The maximum atomic E-state index is 11.3. The Morgan fingerprint density at radius 2 is 1.83 bits per heavy atom. The molecule has 2 aromatic rings. The number of nitrogens with two attached hydrogens (primary N) is 1. The zero-order chi connectivity index (χ0) is 12.5. The van der Waals surface area contributed by atoms with Gasteiger partial charge in [0.25, 0.3) is 0 Å². The lowest BCUT2D eigenvalue weighted by molar-refractivity contribution is -0.115. The predicted molar refractivity (Wildman–Crippen MR) is 71.2 cm³/mol. The lowest BCUT2D eigenvalue weighted by Gasteiger charge is -2.13. The number of hydrogen-bond donors (Lipinski definition) is 2. The number of hydrogen-bond acceptors (Lipinski definition) is 2.